The second-order valence-electron chi connectivity index (χ2n) is 2.94. The van der Waals surface area contributed by atoms with E-state index in [1.807, 2.05) is 6.07 Å². The molecule has 0 amide bonds. The number of methoxy groups -OCH3 is 2. The van der Waals surface area contributed by atoms with Gasteiger partial charge in [0.25, 0.3) is 0 Å². The number of nitrogens with zero attached hydrogens (tertiary/aromatic N) is 1. The number of carbonyl (C=O) groups is 2. The van der Waals surface area contributed by atoms with Crippen molar-refractivity contribution in [2.75, 3.05) is 14.2 Å². The molecular formula is C11H8BrNO4. The maximum absolute atomic E-state index is 11.4. The fourth-order valence-electron chi connectivity index (χ4n) is 1.23. The summed E-state index contributed by atoms with van der Waals surface area (Å²) in [5.41, 5.74) is 0.311. The Hall–Kier alpha value is -1.87. The highest BCUT2D eigenvalue weighted by Gasteiger charge is 2.20. The Morgan fingerprint density at radius 2 is 1.65 bits per heavy atom. The SMILES string of the molecule is COC(=O)c1ccc(C(=O)OC)c(C#N)c1Br. The van der Waals surface area contributed by atoms with Crippen molar-refractivity contribution in [3.05, 3.63) is 33.3 Å². The first kappa shape index (κ1) is 13.2. The van der Waals surface area contributed by atoms with Crippen LogP contribution in [0.1, 0.15) is 26.3 Å². The molecule has 0 aliphatic rings. The Kier molecular flexibility index (Phi) is 4.24. The summed E-state index contributed by atoms with van der Waals surface area (Å²) >= 11 is 3.10. The van der Waals surface area contributed by atoms with Gasteiger partial charge in [0.05, 0.1) is 35.4 Å². The maximum atomic E-state index is 11.4. The molecule has 0 bridgehead atoms. The first-order valence-electron chi connectivity index (χ1n) is 4.46. The Bertz CT molecular complexity index is 519. The summed E-state index contributed by atoms with van der Waals surface area (Å²) in [5.74, 6) is -1.23. The molecule has 6 heteroatoms. The molecule has 0 N–H and O–H groups in total. The fourth-order valence-corrected chi connectivity index (χ4v) is 1.83. The van der Waals surface area contributed by atoms with E-state index >= 15 is 0 Å². The van der Waals surface area contributed by atoms with E-state index in [9.17, 15) is 9.59 Å². The normalized spacial score (nSPS) is 9.29. The van der Waals surface area contributed by atoms with Gasteiger partial charge in [-0.2, -0.15) is 5.26 Å². The highest BCUT2D eigenvalue weighted by Crippen LogP contribution is 2.25. The summed E-state index contributed by atoms with van der Waals surface area (Å²) in [7, 11) is 2.45. The quantitative estimate of drug-likeness (QED) is 0.779. The van der Waals surface area contributed by atoms with Gasteiger partial charge in [-0.3, -0.25) is 0 Å². The molecule has 0 spiro atoms. The standard InChI is InChI=1S/C11H8BrNO4/c1-16-10(14)6-3-4-7(11(15)17-2)9(12)8(6)5-13/h3-4H,1-2H3. The number of esters is 2. The predicted octanol–water partition coefficient (Wildman–Crippen LogP) is 1.89. The lowest BCUT2D eigenvalue weighted by molar-refractivity contribution is 0.0585. The number of carbonyl (C=O) groups excluding carboxylic acids is 2. The van der Waals surface area contributed by atoms with Crippen LogP contribution in [0.2, 0.25) is 0 Å². The predicted molar refractivity (Wildman–Crippen MR) is 61.5 cm³/mol. The van der Waals surface area contributed by atoms with Crippen LogP contribution in [0, 0.1) is 11.3 Å². The number of rotatable bonds is 2. The van der Waals surface area contributed by atoms with E-state index in [0.717, 1.165) is 0 Å². The molecule has 0 saturated carbocycles. The summed E-state index contributed by atoms with van der Waals surface area (Å²) < 4.78 is 9.30. The van der Waals surface area contributed by atoms with Gasteiger partial charge in [-0.25, -0.2) is 9.59 Å². The van der Waals surface area contributed by atoms with Crippen LogP contribution in [0.3, 0.4) is 0 Å². The molecule has 0 atom stereocenters. The molecule has 0 aliphatic carbocycles. The molecule has 5 nitrogen and oxygen atoms in total. The average molecular weight is 298 g/mol. The monoisotopic (exact) mass is 297 g/mol. The van der Waals surface area contributed by atoms with Gasteiger partial charge in [0.15, 0.2) is 0 Å². The molecular weight excluding hydrogens is 290 g/mol. The van der Waals surface area contributed by atoms with Crippen LogP contribution in [-0.4, -0.2) is 26.2 Å². The lowest BCUT2D eigenvalue weighted by atomic mass is 10.0. The van der Waals surface area contributed by atoms with Crippen LogP contribution in [0.4, 0.5) is 0 Å². The summed E-state index contributed by atoms with van der Waals surface area (Å²) in [5, 5.41) is 8.98. The summed E-state index contributed by atoms with van der Waals surface area (Å²) in [4.78, 5) is 22.8. The van der Waals surface area contributed by atoms with E-state index in [1.165, 1.54) is 26.4 Å². The van der Waals surface area contributed by atoms with Crippen molar-refractivity contribution in [3.63, 3.8) is 0 Å². The van der Waals surface area contributed by atoms with E-state index in [-0.39, 0.29) is 21.2 Å². The average Bonchev–Trinajstić information content (AvgIpc) is 2.36. The van der Waals surface area contributed by atoms with E-state index in [0.29, 0.717) is 0 Å². The third kappa shape index (κ3) is 2.45. The Morgan fingerprint density at radius 1 is 1.18 bits per heavy atom. The second-order valence-corrected chi connectivity index (χ2v) is 3.74. The Morgan fingerprint density at radius 3 is 2.12 bits per heavy atom. The minimum Gasteiger partial charge on any atom is -0.465 e. The van der Waals surface area contributed by atoms with Crippen molar-refractivity contribution in [2.24, 2.45) is 0 Å². The van der Waals surface area contributed by atoms with Gasteiger partial charge >= 0.3 is 11.9 Å². The van der Waals surface area contributed by atoms with Gasteiger partial charge < -0.3 is 9.47 Å². The van der Waals surface area contributed by atoms with Crippen LogP contribution < -0.4 is 0 Å². The Balaban J connectivity index is 3.44. The molecule has 1 aromatic rings. The number of benzene rings is 1. The number of nitriles is 1. The Labute approximate surface area is 106 Å². The summed E-state index contributed by atoms with van der Waals surface area (Å²) in [6.45, 7) is 0. The largest absolute Gasteiger partial charge is 0.465 e. The molecule has 0 aromatic heterocycles. The van der Waals surface area contributed by atoms with Crippen LogP contribution in [0.5, 0.6) is 0 Å². The molecule has 88 valence electrons. The fraction of sp³-hybridized carbons (Fsp3) is 0.182. The van der Waals surface area contributed by atoms with Crippen LogP contribution in [0.25, 0.3) is 0 Å². The van der Waals surface area contributed by atoms with Gasteiger partial charge in [0, 0.05) is 0 Å². The topological polar surface area (TPSA) is 76.4 Å². The summed E-state index contributed by atoms with van der Waals surface area (Å²) in [6.07, 6.45) is 0. The van der Waals surface area contributed by atoms with Gasteiger partial charge in [-0.15, -0.1) is 0 Å². The molecule has 0 fully saturated rings. The zero-order valence-corrected chi connectivity index (χ0v) is 10.7. The van der Waals surface area contributed by atoms with Crippen molar-refractivity contribution in [1.82, 2.24) is 0 Å². The highest BCUT2D eigenvalue weighted by atomic mass is 79.9. The third-order valence-electron chi connectivity index (χ3n) is 2.06. The number of hydrogen-bond acceptors (Lipinski definition) is 5. The zero-order valence-electron chi connectivity index (χ0n) is 9.11. The van der Waals surface area contributed by atoms with E-state index in [4.69, 9.17) is 5.26 Å². The molecule has 0 heterocycles. The highest BCUT2D eigenvalue weighted by molar-refractivity contribution is 9.10. The molecule has 17 heavy (non-hydrogen) atoms. The lowest BCUT2D eigenvalue weighted by Gasteiger charge is -2.07. The molecule has 0 aliphatic heterocycles. The van der Waals surface area contributed by atoms with Crippen molar-refractivity contribution in [2.45, 2.75) is 0 Å². The minimum absolute atomic E-state index is 0.0414. The lowest BCUT2D eigenvalue weighted by Crippen LogP contribution is -2.09. The van der Waals surface area contributed by atoms with Gasteiger partial charge in [-0.05, 0) is 28.1 Å². The van der Waals surface area contributed by atoms with Crippen molar-refractivity contribution < 1.29 is 19.1 Å². The van der Waals surface area contributed by atoms with Crippen molar-refractivity contribution >= 4 is 27.9 Å². The van der Waals surface area contributed by atoms with Crippen molar-refractivity contribution in [1.29, 1.82) is 5.26 Å². The van der Waals surface area contributed by atoms with Crippen LogP contribution in [0.15, 0.2) is 16.6 Å². The first-order valence-corrected chi connectivity index (χ1v) is 5.25. The smallest absolute Gasteiger partial charge is 0.339 e. The third-order valence-corrected chi connectivity index (χ3v) is 2.89. The van der Waals surface area contributed by atoms with E-state index in [1.54, 1.807) is 0 Å². The minimum atomic E-state index is -0.640. The number of ether oxygens (including phenoxy) is 2. The van der Waals surface area contributed by atoms with E-state index < -0.39 is 11.9 Å². The van der Waals surface area contributed by atoms with Crippen LogP contribution in [-0.2, 0) is 9.47 Å². The van der Waals surface area contributed by atoms with Gasteiger partial charge in [0.1, 0.15) is 6.07 Å². The van der Waals surface area contributed by atoms with Gasteiger partial charge in [0.2, 0.25) is 0 Å². The zero-order chi connectivity index (χ0) is 13.0. The second kappa shape index (κ2) is 5.46. The molecule has 0 saturated heterocycles. The van der Waals surface area contributed by atoms with Crippen molar-refractivity contribution in [3.8, 4) is 6.07 Å². The summed E-state index contributed by atoms with van der Waals surface area (Å²) in [6, 6.07) is 4.58. The van der Waals surface area contributed by atoms with E-state index in [2.05, 4.69) is 25.4 Å². The number of hydrogen-bond donors (Lipinski definition) is 0. The van der Waals surface area contributed by atoms with Crippen LogP contribution >= 0.6 is 15.9 Å². The first-order chi connectivity index (χ1) is 8.06. The maximum Gasteiger partial charge on any atom is 0.339 e. The molecule has 0 radical (unpaired) electrons. The number of halogens is 1. The molecule has 1 rings (SSSR count). The molecule has 0 unspecified atom stereocenters. The van der Waals surface area contributed by atoms with Gasteiger partial charge in [-0.1, -0.05) is 0 Å². The molecule has 1 aromatic carbocycles.